The molecule has 1 aromatic carbocycles. The van der Waals surface area contributed by atoms with Crippen molar-refractivity contribution in [2.24, 2.45) is 0 Å². The lowest BCUT2D eigenvalue weighted by atomic mass is 9.74. The molecule has 3 rings (SSSR count). The lowest BCUT2D eigenvalue weighted by Crippen LogP contribution is -2.21. The highest BCUT2D eigenvalue weighted by molar-refractivity contribution is 7.05. The van der Waals surface area contributed by atoms with Crippen LogP contribution in [-0.4, -0.2) is 14.7 Å². The summed E-state index contributed by atoms with van der Waals surface area (Å²) in [4.78, 5) is 0.932. The van der Waals surface area contributed by atoms with Gasteiger partial charge in [-0.05, 0) is 41.4 Å². The summed E-state index contributed by atoms with van der Waals surface area (Å²) in [5.74, 6) is 0.469. The van der Waals surface area contributed by atoms with Crippen molar-refractivity contribution in [2.75, 3.05) is 0 Å². The van der Waals surface area contributed by atoms with Gasteiger partial charge in [0.1, 0.15) is 0 Å². The number of aromatic nitrogens is 2. The molecule has 1 aromatic heterocycles. The minimum Gasteiger partial charge on any atom is -0.387 e. The van der Waals surface area contributed by atoms with Crippen molar-refractivity contribution in [3.05, 3.63) is 46.0 Å². The zero-order chi connectivity index (χ0) is 14.3. The number of fused-ring (bicyclic) bond motifs is 1. The molecule has 0 saturated heterocycles. The van der Waals surface area contributed by atoms with E-state index in [1.807, 2.05) is 0 Å². The molecule has 0 bridgehead atoms. The Morgan fingerprint density at radius 3 is 2.80 bits per heavy atom. The second-order valence-corrected chi connectivity index (χ2v) is 7.37. The summed E-state index contributed by atoms with van der Waals surface area (Å²) in [7, 11) is 0. The quantitative estimate of drug-likeness (QED) is 0.938. The molecule has 106 valence electrons. The molecule has 3 nitrogen and oxygen atoms in total. The highest BCUT2D eigenvalue weighted by atomic mass is 32.1. The Morgan fingerprint density at radius 1 is 1.35 bits per heavy atom. The van der Waals surface area contributed by atoms with Crippen LogP contribution in [0.2, 0.25) is 0 Å². The van der Waals surface area contributed by atoms with Crippen LogP contribution in [0.3, 0.4) is 0 Å². The van der Waals surface area contributed by atoms with Crippen LogP contribution in [-0.2, 0) is 11.8 Å². The summed E-state index contributed by atoms with van der Waals surface area (Å²) >= 11 is 1.33. The van der Waals surface area contributed by atoms with Crippen molar-refractivity contribution in [1.29, 1.82) is 0 Å². The van der Waals surface area contributed by atoms with E-state index < -0.39 is 6.10 Å². The molecule has 2 aromatic rings. The Bertz CT molecular complexity index is 615. The Labute approximate surface area is 123 Å². The summed E-state index contributed by atoms with van der Waals surface area (Å²) in [5, 5.41) is 14.8. The highest BCUT2D eigenvalue weighted by Crippen LogP contribution is 2.42. The summed E-state index contributed by atoms with van der Waals surface area (Å²) in [6.45, 7) is 6.33. The first-order valence-electron chi connectivity index (χ1n) is 7.05. The van der Waals surface area contributed by atoms with Crippen LogP contribution in [0.25, 0.3) is 0 Å². The van der Waals surface area contributed by atoms with Crippen molar-refractivity contribution in [2.45, 2.75) is 51.0 Å². The summed E-state index contributed by atoms with van der Waals surface area (Å²) in [6, 6.07) is 8.50. The fraction of sp³-hybridized carbons (Fsp3) is 0.500. The molecule has 0 amide bonds. The SMILES string of the molecule is CC(C)(C)c1nnsc1C(O)CC1Cc2ccccc21. The molecule has 4 heteroatoms. The smallest absolute Gasteiger partial charge is 0.0923 e. The molecule has 1 heterocycles. The van der Waals surface area contributed by atoms with E-state index in [-0.39, 0.29) is 5.41 Å². The Morgan fingerprint density at radius 2 is 2.10 bits per heavy atom. The van der Waals surface area contributed by atoms with E-state index in [9.17, 15) is 5.11 Å². The van der Waals surface area contributed by atoms with Crippen LogP contribution in [0.1, 0.15) is 60.9 Å². The number of aliphatic hydroxyl groups is 1. The van der Waals surface area contributed by atoms with Crippen molar-refractivity contribution in [1.82, 2.24) is 9.59 Å². The van der Waals surface area contributed by atoms with Crippen LogP contribution < -0.4 is 0 Å². The second-order valence-electron chi connectivity index (χ2n) is 6.59. The second kappa shape index (κ2) is 4.93. The Kier molecular flexibility index (Phi) is 3.38. The molecule has 0 aliphatic heterocycles. The van der Waals surface area contributed by atoms with Gasteiger partial charge in [-0.3, -0.25) is 0 Å². The summed E-state index contributed by atoms with van der Waals surface area (Å²) in [6.07, 6.45) is 1.39. The van der Waals surface area contributed by atoms with E-state index in [1.165, 1.54) is 22.7 Å². The third kappa shape index (κ3) is 2.38. The van der Waals surface area contributed by atoms with E-state index in [4.69, 9.17) is 0 Å². The molecule has 20 heavy (non-hydrogen) atoms. The lowest BCUT2D eigenvalue weighted by molar-refractivity contribution is 0.155. The van der Waals surface area contributed by atoms with Gasteiger partial charge in [0.25, 0.3) is 0 Å². The number of rotatable bonds is 3. The Balaban J connectivity index is 1.76. The van der Waals surface area contributed by atoms with Gasteiger partial charge in [-0.25, -0.2) is 0 Å². The molecular formula is C16H20N2OS. The predicted molar refractivity (Wildman–Crippen MR) is 81.1 cm³/mol. The van der Waals surface area contributed by atoms with Crippen molar-refractivity contribution in [3.63, 3.8) is 0 Å². The fourth-order valence-corrected chi connectivity index (χ4v) is 3.75. The zero-order valence-corrected chi connectivity index (χ0v) is 12.9. The minimum absolute atomic E-state index is 0.0686. The molecule has 1 N–H and O–H groups in total. The fourth-order valence-electron chi connectivity index (χ4n) is 2.89. The van der Waals surface area contributed by atoms with Gasteiger partial charge in [0, 0.05) is 5.41 Å². The van der Waals surface area contributed by atoms with E-state index >= 15 is 0 Å². The van der Waals surface area contributed by atoms with E-state index in [2.05, 4.69) is 54.6 Å². The minimum atomic E-state index is -0.456. The number of hydrogen-bond donors (Lipinski definition) is 1. The third-order valence-corrected chi connectivity index (χ3v) is 4.82. The van der Waals surface area contributed by atoms with Gasteiger partial charge in [0.05, 0.1) is 16.7 Å². The van der Waals surface area contributed by atoms with Crippen LogP contribution in [0.4, 0.5) is 0 Å². The van der Waals surface area contributed by atoms with E-state index in [0.29, 0.717) is 5.92 Å². The maximum atomic E-state index is 10.5. The number of nitrogens with zero attached hydrogens (tertiary/aromatic N) is 2. The average molecular weight is 288 g/mol. The average Bonchev–Trinajstić information content (AvgIpc) is 2.85. The lowest BCUT2D eigenvalue weighted by Gasteiger charge is -2.31. The maximum absolute atomic E-state index is 10.5. The molecule has 0 saturated carbocycles. The van der Waals surface area contributed by atoms with Gasteiger partial charge >= 0.3 is 0 Å². The van der Waals surface area contributed by atoms with Crippen LogP contribution >= 0.6 is 11.5 Å². The van der Waals surface area contributed by atoms with Crippen molar-refractivity contribution < 1.29 is 5.11 Å². The largest absolute Gasteiger partial charge is 0.387 e. The first-order valence-corrected chi connectivity index (χ1v) is 7.82. The topological polar surface area (TPSA) is 46.0 Å². The van der Waals surface area contributed by atoms with E-state index in [1.54, 1.807) is 0 Å². The molecule has 2 unspecified atom stereocenters. The molecule has 0 radical (unpaired) electrons. The van der Waals surface area contributed by atoms with Crippen LogP contribution in [0.5, 0.6) is 0 Å². The zero-order valence-electron chi connectivity index (χ0n) is 12.1. The first-order chi connectivity index (χ1) is 9.47. The summed E-state index contributed by atoms with van der Waals surface area (Å²) in [5.41, 5.74) is 3.67. The van der Waals surface area contributed by atoms with Gasteiger partial charge < -0.3 is 5.11 Å². The maximum Gasteiger partial charge on any atom is 0.0923 e. The van der Waals surface area contributed by atoms with Crippen molar-refractivity contribution in [3.8, 4) is 0 Å². The van der Waals surface area contributed by atoms with Gasteiger partial charge in [0.2, 0.25) is 0 Å². The molecule has 1 aliphatic rings. The third-order valence-electron chi connectivity index (χ3n) is 4.00. The van der Waals surface area contributed by atoms with E-state index in [0.717, 1.165) is 23.4 Å². The molecule has 2 atom stereocenters. The number of aliphatic hydroxyl groups excluding tert-OH is 1. The van der Waals surface area contributed by atoms with Gasteiger partial charge in [-0.1, -0.05) is 49.5 Å². The highest BCUT2D eigenvalue weighted by Gasteiger charge is 2.31. The van der Waals surface area contributed by atoms with Crippen LogP contribution in [0, 0.1) is 0 Å². The predicted octanol–water partition coefficient (Wildman–Crippen LogP) is 3.60. The molecule has 0 fully saturated rings. The van der Waals surface area contributed by atoms with Crippen LogP contribution in [0.15, 0.2) is 24.3 Å². The standard InChI is InChI=1S/C16H20N2OS/c1-16(2,3)15-14(20-18-17-15)13(19)9-11-8-10-6-4-5-7-12(10)11/h4-7,11,13,19H,8-9H2,1-3H3. The monoisotopic (exact) mass is 288 g/mol. The van der Waals surface area contributed by atoms with Gasteiger partial charge in [-0.2, -0.15) is 0 Å². The van der Waals surface area contributed by atoms with Gasteiger partial charge in [0.15, 0.2) is 0 Å². The number of hydrogen-bond acceptors (Lipinski definition) is 4. The van der Waals surface area contributed by atoms with Crippen molar-refractivity contribution >= 4 is 11.5 Å². The molecule has 0 spiro atoms. The normalized spacial score (nSPS) is 19.3. The summed E-state index contributed by atoms with van der Waals surface area (Å²) < 4.78 is 4.04. The molecule has 1 aliphatic carbocycles. The first kappa shape index (κ1) is 13.7. The Hall–Kier alpha value is -1.26. The van der Waals surface area contributed by atoms with Gasteiger partial charge in [-0.15, -0.1) is 5.10 Å². The number of benzene rings is 1. The molecular weight excluding hydrogens is 268 g/mol.